The van der Waals surface area contributed by atoms with E-state index in [4.69, 9.17) is 5.73 Å². The first kappa shape index (κ1) is 8.65. The van der Waals surface area contributed by atoms with Crippen molar-refractivity contribution in [1.29, 1.82) is 0 Å². The summed E-state index contributed by atoms with van der Waals surface area (Å²) in [6.07, 6.45) is 5.32. The highest BCUT2D eigenvalue weighted by Crippen LogP contribution is 2.20. The maximum Gasteiger partial charge on any atom is 0.182 e. The van der Waals surface area contributed by atoms with E-state index >= 15 is 0 Å². The Morgan fingerprint density at radius 1 is 1.62 bits per heavy atom. The molecule has 0 saturated heterocycles. The van der Waals surface area contributed by atoms with Gasteiger partial charge in [0.15, 0.2) is 4.73 Å². The third-order valence-corrected chi connectivity index (χ3v) is 2.42. The summed E-state index contributed by atoms with van der Waals surface area (Å²) in [7, 11) is 0. The summed E-state index contributed by atoms with van der Waals surface area (Å²) in [4.78, 5) is 8.34. The smallest absolute Gasteiger partial charge is 0.182 e. The molecule has 1 unspecified atom stereocenters. The van der Waals surface area contributed by atoms with Crippen LogP contribution in [0.5, 0.6) is 0 Å². The largest absolute Gasteiger partial charge is 0.323 e. The van der Waals surface area contributed by atoms with E-state index in [1.165, 1.54) is 0 Å². The zero-order valence-corrected chi connectivity index (χ0v) is 8.69. The van der Waals surface area contributed by atoms with Gasteiger partial charge in [0, 0.05) is 18.4 Å². The topological polar surface area (TPSA) is 56.2 Å². The third-order valence-electron chi connectivity index (χ3n) is 1.86. The second kappa shape index (κ2) is 3.08. The summed E-state index contributed by atoms with van der Waals surface area (Å²) < 4.78 is 2.67. The predicted molar refractivity (Wildman–Crippen MR) is 53.3 cm³/mol. The fourth-order valence-electron chi connectivity index (χ4n) is 1.26. The van der Waals surface area contributed by atoms with Crippen molar-refractivity contribution < 1.29 is 0 Å². The second-order valence-electron chi connectivity index (χ2n) is 2.89. The van der Waals surface area contributed by atoms with Gasteiger partial charge in [-0.25, -0.2) is 4.98 Å². The van der Waals surface area contributed by atoms with E-state index in [-0.39, 0.29) is 6.04 Å². The Morgan fingerprint density at radius 2 is 2.38 bits per heavy atom. The third kappa shape index (κ3) is 1.34. The predicted octanol–water partition coefficient (Wildman–Crippen LogP) is 1.51. The molecule has 0 aliphatic rings. The zero-order chi connectivity index (χ0) is 9.42. The van der Waals surface area contributed by atoms with Gasteiger partial charge in [0.05, 0.1) is 17.4 Å². The number of fused-ring (bicyclic) bond motifs is 1. The Labute approximate surface area is 83.9 Å². The minimum absolute atomic E-state index is 0.0782. The Morgan fingerprint density at radius 3 is 3.08 bits per heavy atom. The summed E-state index contributed by atoms with van der Waals surface area (Å²) in [5.41, 5.74) is 7.58. The van der Waals surface area contributed by atoms with Gasteiger partial charge in [-0.1, -0.05) is 0 Å². The fraction of sp³-hybridized carbons (Fsp3) is 0.250. The molecular weight excluding hydrogens is 232 g/mol. The van der Waals surface area contributed by atoms with Crippen molar-refractivity contribution in [3.8, 4) is 0 Å². The molecule has 0 radical (unpaired) electrons. The van der Waals surface area contributed by atoms with Gasteiger partial charge in [0.2, 0.25) is 0 Å². The summed E-state index contributed by atoms with van der Waals surface area (Å²) in [6, 6.07) is -0.0782. The molecule has 0 aromatic carbocycles. The zero-order valence-electron chi connectivity index (χ0n) is 7.11. The van der Waals surface area contributed by atoms with E-state index in [0.29, 0.717) is 0 Å². The fourth-order valence-corrected chi connectivity index (χ4v) is 1.76. The normalized spacial score (nSPS) is 13.5. The van der Waals surface area contributed by atoms with Gasteiger partial charge in [-0.2, -0.15) is 0 Å². The molecule has 2 heterocycles. The maximum absolute atomic E-state index is 5.77. The molecule has 0 spiro atoms. The number of nitrogens with two attached hydrogens (primary N) is 1. The number of nitrogens with zero attached hydrogens (tertiary/aromatic N) is 3. The van der Waals surface area contributed by atoms with E-state index < -0.39 is 0 Å². The molecule has 5 heteroatoms. The Kier molecular flexibility index (Phi) is 2.05. The number of halogens is 1. The number of imidazole rings is 1. The molecule has 2 aromatic heterocycles. The van der Waals surface area contributed by atoms with Crippen LogP contribution in [-0.4, -0.2) is 14.4 Å². The SMILES string of the molecule is CC(N)c1nc(Br)n2ccncc12. The molecular formula is C8H9BrN4. The van der Waals surface area contributed by atoms with Gasteiger partial charge >= 0.3 is 0 Å². The van der Waals surface area contributed by atoms with Crippen LogP contribution in [0.25, 0.3) is 5.52 Å². The van der Waals surface area contributed by atoms with E-state index in [0.717, 1.165) is 15.9 Å². The molecule has 13 heavy (non-hydrogen) atoms. The molecule has 0 saturated carbocycles. The molecule has 0 amide bonds. The molecule has 0 fully saturated rings. The van der Waals surface area contributed by atoms with Crippen LogP contribution in [0.15, 0.2) is 23.3 Å². The van der Waals surface area contributed by atoms with Crippen LogP contribution in [0.1, 0.15) is 18.7 Å². The standard InChI is InChI=1S/C8H9BrN4/c1-5(10)7-6-4-11-2-3-13(6)8(9)12-7/h2-5H,10H2,1H3. The van der Waals surface area contributed by atoms with Crippen LogP contribution in [0.2, 0.25) is 0 Å². The van der Waals surface area contributed by atoms with Crippen LogP contribution in [0.3, 0.4) is 0 Å². The van der Waals surface area contributed by atoms with Crippen molar-refractivity contribution in [3.05, 3.63) is 29.0 Å². The minimum Gasteiger partial charge on any atom is -0.323 e. The van der Waals surface area contributed by atoms with Gasteiger partial charge in [0.1, 0.15) is 0 Å². The first-order valence-electron chi connectivity index (χ1n) is 3.93. The highest BCUT2D eigenvalue weighted by atomic mass is 79.9. The number of aromatic nitrogens is 3. The molecule has 68 valence electrons. The van der Waals surface area contributed by atoms with Crippen LogP contribution < -0.4 is 5.73 Å². The van der Waals surface area contributed by atoms with Gasteiger partial charge in [0.25, 0.3) is 0 Å². The van der Waals surface area contributed by atoms with E-state index in [2.05, 4.69) is 25.9 Å². The lowest BCUT2D eigenvalue weighted by atomic mass is 10.2. The molecule has 0 bridgehead atoms. The molecule has 2 rings (SSSR count). The van der Waals surface area contributed by atoms with E-state index in [1.54, 1.807) is 12.4 Å². The van der Waals surface area contributed by atoms with Crippen molar-refractivity contribution in [2.75, 3.05) is 0 Å². The highest BCUT2D eigenvalue weighted by Gasteiger charge is 2.11. The molecule has 2 aromatic rings. The van der Waals surface area contributed by atoms with Crippen molar-refractivity contribution in [2.45, 2.75) is 13.0 Å². The lowest BCUT2D eigenvalue weighted by Crippen LogP contribution is -2.05. The first-order valence-corrected chi connectivity index (χ1v) is 4.72. The Balaban J connectivity index is 2.78. The monoisotopic (exact) mass is 240 g/mol. The minimum atomic E-state index is -0.0782. The van der Waals surface area contributed by atoms with Gasteiger partial charge < -0.3 is 5.73 Å². The Hall–Kier alpha value is -0.940. The Bertz CT molecular complexity index is 435. The average Bonchev–Trinajstić information content (AvgIpc) is 2.45. The summed E-state index contributed by atoms with van der Waals surface area (Å²) in [6.45, 7) is 1.90. The van der Waals surface area contributed by atoms with Gasteiger partial charge in [-0.05, 0) is 22.9 Å². The van der Waals surface area contributed by atoms with Gasteiger partial charge in [-0.15, -0.1) is 0 Å². The second-order valence-corrected chi connectivity index (χ2v) is 3.60. The van der Waals surface area contributed by atoms with E-state index in [1.807, 2.05) is 17.5 Å². The van der Waals surface area contributed by atoms with Gasteiger partial charge in [-0.3, -0.25) is 9.38 Å². The number of hydrogen-bond donors (Lipinski definition) is 1. The molecule has 0 aliphatic carbocycles. The van der Waals surface area contributed by atoms with Crippen LogP contribution in [0, 0.1) is 0 Å². The lowest BCUT2D eigenvalue weighted by molar-refractivity contribution is 0.794. The van der Waals surface area contributed by atoms with Crippen LogP contribution in [0.4, 0.5) is 0 Å². The molecule has 4 nitrogen and oxygen atoms in total. The molecule has 0 aliphatic heterocycles. The molecule has 1 atom stereocenters. The summed E-state index contributed by atoms with van der Waals surface area (Å²) >= 11 is 3.35. The quantitative estimate of drug-likeness (QED) is 0.823. The lowest BCUT2D eigenvalue weighted by Gasteiger charge is -1.99. The van der Waals surface area contributed by atoms with Crippen molar-refractivity contribution in [1.82, 2.24) is 14.4 Å². The molecule has 2 N–H and O–H groups in total. The van der Waals surface area contributed by atoms with Crippen LogP contribution in [-0.2, 0) is 0 Å². The first-order chi connectivity index (χ1) is 6.20. The number of hydrogen-bond acceptors (Lipinski definition) is 3. The average molecular weight is 241 g/mol. The van der Waals surface area contributed by atoms with Crippen molar-refractivity contribution >= 4 is 21.4 Å². The van der Waals surface area contributed by atoms with Crippen molar-refractivity contribution in [2.24, 2.45) is 5.73 Å². The number of rotatable bonds is 1. The van der Waals surface area contributed by atoms with Crippen LogP contribution >= 0.6 is 15.9 Å². The highest BCUT2D eigenvalue weighted by molar-refractivity contribution is 9.10. The maximum atomic E-state index is 5.77. The summed E-state index contributed by atoms with van der Waals surface area (Å²) in [5, 5.41) is 0. The van der Waals surface area contributed by atoms with E-state index in [9.17, 15) is 0 Å². The summed E-state index contributed by atoms with van der Waals surface area (Å²) in [5.74, 6) is 0. The van der Waals surface area contributed by atoms with Crippen molar-refractivity contribution in [3.63, 3.8) is 0 Å².